The summed E-state index contributed by atoms with van der Waals surface area (Å²) in [5.41, 5.74) is 3.93. The van der Waals surface area contributed by atoms with Crippen LogP contribution < -0.4 is 9.62 Å². The summed E-state index contributed by atoms with van der Waals surface area (Å²) in [5.74, 6) is -0.196. The van der Waals surface area contributed by atoms with Crippen LogP contribution in [-0.4, -0.2) is 33.7 Å². The van der Waals surface area contributed by atoms with Crippen LogP contribution in [0.5, 0.6) is 0 Å². The van der Waals surface area contributed by atoms with Gasteiger partial charge in [0.05, 0.1) is 31.7 Å². The zero-order valence-electron chi connectivity index (χ0n) is 18.6. The average Bonchev–Trinajstić information content (AvgIpc) is 2.78. The van der Waals surface area contributed by atoms with Gasteiger partial charge in [0.25, 0.3) is 5.91 Å². The second-order valence-electron chi connectivity index (χ2n) is 7.69. The van der Waals surface area contributed by atoms with Crippen LogP contribution in [0.1, 0.15) is 27.0 Å². The number of hydrogen-bond donors (Lipinski definition) is 1. The number of rotatable bonds is 10. The van der Waals surface area contributed by atoms with Gasteiger partial charge in [-0.2, -0.15) is 0 Å². The Bertz CT molecular complexity index is 1180. The van der Waals surface area contributed by atoms with Crippen LogP contribution in [0.3, 0.4) is 0 Å². The van der Waals surface area contributed by atoms with Crippen LogP contribution in [0.2, 0.25) is 0 Å². The number of sulfonamides is 1. The van der Waals surface area contributed by atoms with E-state index in [1.165, 1.54) is 10.6 Å². The number of carbonyl (C=O) groups is 1. The van der Waals surface area contributed by atoms with Crippen molar-refractivity contribution in [2.45, 2.75) is 20.1 Å². The predicted octanol–water partition coefficient (Wildman–Crippen LogP) is 4.51. The summed E-state index contributed by atoms with van der Waals surface area (Å²) in [6.07, 6.45) is 1.20. The molecule has 0 spiro atoms. The van der Waals surface area contributed by atoms with Gasteiger partial charge in [-0.25, -0.2) is 8.42 Å². The first kappa shape index (κ1) is 25.2. The van der Waals surface area contributed by atoms with E-state index in [2.05, 4.69) is 27.9 Å². The highest BCUT2D eigenvalue weighted by Gasteiger charge is 2.20. The fourth-order valence-electron chi connectivity index (χ4n) is 3.31. The van der Waals surface area contributed by atoms with Gasteiger partial charge in [-0.3, -0.25) is 9.10 Å². The molecule has 1 N–H and O–H groups in total. The van der Waals surface area contributed by atoms with E-state index in [9.17, 15) is 13.2 Å². The maximum absolute atomic E-state index is 12.5. The van der Waals surface area contributed by atoms with Crippen molar-refractivity contribution in [3.63, 3.8) is 0 Å². The van der Waals surface area contributed by atoms with Gasteiger partial charge >= 0.3 is 0 Å². The molecule has 0 atom stereocenters. The Balaban J connectivity index is 1.56. The third-order valence-electron chi connectivity index (χ3n) is 5.01. The Morgan fingerprint density at radius 1 is 1.00 bits per heavy atom. The molecular weight excluding hydrogens is 551 g/mol. The second-order valence-corrected chi connectivity index (χ2v) is 10.8. The molecule has 33 heavy (non-hydrogen) atoms. The number of nitrogens with zero attached hydrogens (tertiary/aromatic N) is 1. The highest BCUT2D eigenvalue weighted by Crippen LogP contribution is 2.26. The van der Waals surface area contributed by atoms with Gasteiger partial charge in [-0.1, -0.05) is 42.5 Å². The maximum Gasteiger partial charge on any atom is 0.251 e. The number of anilines is 1. The Hall–Kier alpha value is -2.43. The SMILES string of the molecule is Cc1cc(I)ccc1N(Cc1ccc(C(=O)NCCOCc2ccccc2)cc1)S(C)(=O)=O. The molecule has 3 aromatic rings. The molecule has 0 saturated carbocycles. The lowest BCUT2D eigenvalue weighted by Crippen LogP contribution is -2.30. The molecule has 0 aliphatic rings. The number of amides is 1. The maximum atomic E-state index is 12.5. The molecule has 3 rings (SSSR count). The van der Waals surface area contributed by atoms with Crippen molar-refractivity contribution < 1.29 is 17.9 Å². The first-order chi connectivity index (χ1) is 15.7. The predicted molar refractivity (Wildman–Crippen MR) is 140 cm³/mol. The van der Waals surface area contributed by atoms with E-state index in [1.54, 1.807) is 24.3 Å². The number of benzene rings is 3. The van der Waals surface area contributed by atoms with E-state index in [4.69, 9.17) is 4.74 Å². The van der Waals surface area contributed by atoms with Crippen molar-refractivity contribution in [2.75, 3.05) is 23.7 Å². The van der Waals surface area contributed by atoms with E-state index in [-0.39, 0.29) is 12.5 Å². The van der Waals surface area contributed by atoms with Gasteiger partial charge in [-0.05, 0) is 76.5 Å². The summed E-state index contributed by atoms with van der Waals surface area (Å²) in [7, 11) is -3.48. The van der Waals surface area contributed by atoms with Gasteiger partial charge in [-0.15, -0.1) is 0 Å². The lowest BCUT2D eigenvalue weighted by Gasteiger charge is -2.24. The van der Waals surface area contributed by atoms with E-state index >= 15 is 0 Å². The molecule has 1 amide bonds. The van der Waals surface area contributed by atoms with Crippen molar-refractivity contribution in [2.24, 2.45) is 0 Å². The molecule has 6 nitrogen and oxygen atoms in total. The highest BCUT2D eigenvalue weighted by atomic mass is 127. The molecular formula is C25H27IN2O4S. The molecule has 0 aliphatic carbocycles. The monoisotopic (exact) mass is 578 g/mol. The van der Waals surface area contributed by atoms with Gasteiger partial charge in [0, 0.05) is 15.7 Å². The normalized spacial score (nSPS) is 11.2. The molecule has 0 heterocycles. The number of ether oxygens (including phenoxy) is 1. The van der Waals surface area contributed by atoms with Crippen molar-refractivity contribution in [3.8, 4) is 0 Å². The molecule has 0 radical (unpaired) electrons. The average molecular weight is 578 g/mol. The standard InChI is InChI=1S/C25H27IN2O4S/c1-19-16-23(26)12-13-24(19)28(33(2,30)31)17-20-8-10-22(11-9-20)25(29)27-14-15-32-18-21-6-4-3-5-7-21/h3-13,16H,14-15,17-18H2,1-2H3,(H,27,29). The summed E-state index contributed by atoms with van der Waals surface area (Å²) in [6, 6.07) is 22.5. The minimum Gasteiger partial charge on any atom is -0.375 e. The zero-order chi connectivity index (χ0) is 23.8. The largest absolute Gasteiger partial charge is 0.375 e. The number of aryl methyl sites for hydroxylation is 1. The molecule has 0 unspecified atom stereocenters. The minimum atomic E-state index is -3.48. The minimum absolute atomic E-state index is 0.190. The second kappa shape index (κ2) is 11.6. The van der Waals surface area contributed by atoms with Crippen LogP contribution in [0.15, 0.2) is 72.8 Å². The van der Waals surface area contributed by atoms with Crippen LogP contribution in [0.25, 0.3) is 0 Å². The van der Waals surface area contributed by atoms with Crippen molar-refractivity contribution in [1.29, 1.82) is 0 Å². The van der Waals surface area contributed by atoms with Crippen molar-refractivity contribution >= 4 is 44.2 Å². The van der Waals surface area contributed by atoms with Gasteiger partial charge in [0.1, 0.15) is 0 Å². The summed E-state index contributed by atoms with van der Waals surface area (Å²) in [6.45, 7) is 3.41. The Morgan fingerprint density at radius 3 is 2.33 bits per heavy atom. The van der Waals surface area contributed by atoms with Crippen LogP contribution in [0.4, 0.5) is 5.69 Å². The summed E-state index contributed by atoms with van der Waals surface area (Å²) in [4.78, 5) is 12.4. The number of carbonyl (C=O) groups excluding carboxylic acids is 1. The molecule has 0 aromatic heterocycles. The van der Waals surface area contributed by atoms with Crippen molar-refractivity contribution in [1.82, 2.24) is 5.32 Å². The molecule has 0 saturated heterocycles. The van der Waals surface area contributed by atoms with Crippen LogP contribution in [0, 0.1) is 10.5 Å². The van der Waals surface area contributed by atoms with E-state index in [0.29, 0.717) is 31.0 Å². The topological polar surface area (TPSA) is 75.7 Å². The van der Waals surface area contributed by atoms with Crippen LogP contribution in [-0.2, 0) is 27.9 Å². The molecule has 0 aliphatic heterocycles. The van der Waals surface area contributed by atoms with Crippen molar-refractivity contribution in [3.05, 3.63) is 98.6 Å². The van der Waals surface area contributed by atoms with E-state index in [0.717, 1.165) is 20.3 Å². The van der Waals surface area contributed by atoms with Gasteiger partial charge in [0.15, 0.2) is 0 Å². The Labute approximate surface area is 209 Å². The highest BCUT2D eigenvalue weighted by molar-refractivity contribution is 14.1. The first-order valence-electron chi connectivity index (χ1n) is 10.5. The van der Waals surface area contributed by atoms with Gasteiger partial charge in [0.2, 0.25) is 10.0 Å². The summed E-state index contributed by atoms with van der Waals surface area (Å²) >= 11 is 2.20. The molecule has 3 aromatic carbocycles. The molecule has 0 fully saturated rings. The Morgan fingerprint density at radius 2 is 1.70 bits per heavy atom. The smallest absolute Gasteiger partial charge is 0.251 e. The third-order valence-corrected chi connectivity index (χ3v) is 6.81. The lowest BCUT2D eigenvalue weighted by atomic mass is 10.1. The number of halogens is 1. The number of nitrogens with one attached hydrogen (secondary N) is 1. The zero-order valence-corrected chi connectivity index (χ0v) is 21.6. The van der Waals surface area contributed by atoms with E-state index in [1.807, 2.05) is 55.5 Å². The fourth-order valence-corrected chi connectivity index (χ4v) is 4.90. The van der Waals surface area contributed by atoms with Crippen LogP contribution >= 0.6 is 22.6 Å². The molecule has 0 bridgehead atoms. The summed E-state index contributed by atoms with van der Waals surface area (Å²) < 4.78 is 32.9. The third kappa shape index (κ3) is 7.55. The molecule has 174 valence electrons. The first-order valence-corrected chi connectivity index (χ1v) is 13.4. The fraction of sp³-hybridized carbons (Fsp3) is 0.240. The quantitative estimate of drug-likeness (QED) is 0.284. The number of hydrogen-bond acceptors (Lipinski definition) is 4. The molecule has 8 heteroatoms. The lowest BCUT2D eigenvalue weighted by molar-refractivity contribution is 0.0901. The Kier molecular flexibility index (Phi) is 8.87. The van der Waals surface area contributed by atoms with Gasteiger partial charge < -0.3 is 10.1 Å². The summed E-state index contributed by atoms with van der Waals surface area (Å²) in [5, 5.41) is 2.84. The van der Waals surface area contributed by atoms with E-state index < -0.39 is 10.0 Å².